The van der Waals surface area contributed by atoms with Crippen LogP contribution in [0.1, 0.15) is 69.2 Å². The molecule has 1 aliphatic heterocycles. The highest BCUT2D eigenvalue weighted by Gasteiger charge is 2.45. The molecule has 3 rings (SSSR count). The number of likely N-dealkylation sites (tertiary alicyclic amines) is 1. The highest BCUT2D eigenvalue weighted by Crippen LogP contribution is 2.40. The second kappa shape index (κ2) is 13.3. The summed E-state index contributed by atoms with van der Waals surface area (Å²) in [6, 6.07) is 12.0. The number of methoxy groups -OCH3 is 1. The smallest absolute Gasteiger partial charge is 0.295 e. The molecule has 7 nitrogen and oxygen atoms in total. The minimum absolute atomic E-state index is 0.00914. The summed E-state index contributed by atoms with van der Waals surface area (Å²) < 4.78 is 16.8. The van der Waals surface area contributed by atoms with E-state index in [0.29, 0.717) is 37.5 Å². The van der Waals surface area contributed by atoms with Gasteiger partial charge in [-0.15, -0.1) is 0 Å². The lowest BCUT2D eigenvalue weighted by Gasteiger charge is -2.25. The maximum Gasteiger partial charge on any atom is 0.295 e. The van der Waals surface area contributed by atoms with Crippen molar-refractivity contribution in [2.45, 2.75) is 65.5 Å². The van der Waals surface area contributed by atoms with E-state index in [9.17, 15) is 14.7 Å². The summed E-state index contributed by atoms with van der Waals surface area (Å²) in [5, 5.41) is 11.4. The third-order valence-corrected chi connectivity index (χ3v) is 6.32. The fourth-order valence-corrected chi connectivity index (χ4v) is 4.52. The summed E-state index contributed by atoms with van der Waals surface area (Å²) in [5.41, 5.74) is 2.05. The Labute approximate surface area is 220 Å². The van der Waals surface area contributed by atoms with Gasteiger partial charge in [-0.3, -0.25) is 9.59 Å². The quantitative estimate of drug-likeness (QED) is 0.159. The number of aliphatic hydroxyl groups excluding tert-OH is 1. The van der Waals surface area contributed by atoms with E-state index in [4.69, 9.17) is 14.2 Å². The van der Waals surface area contributed by atoms with Gasteiger partial charge in [-0.05, 0) is 75.1 Å². The molecule has 1 saturated heterocycles. The number of carbonyl (C=O) groups is 2. The number of Topliss-reactive ketones (excluding diaryl/α,β-unsaturated/α-hetero) is 1. The monoisotopic (exact) mass is 509 g/mol. The van der Waals surface area contributed by atoms with Gasteiger partial charge in [0, 0.05) is 25.8 Å². The van der Waals surface area contributed by atoms with E-state index in [-0.39, 0.29) is 17.4 Å². The molecule has 0 radical (unpaired) electrons. The third-order valence-electron chi connectivity index (χ3n) is 6.32. The molecule has 0 aliphatic carbocycles. The van der Waals surface area contributed by atoms with Crippen LogP contribution in [0.3, 0.4) is 0 Å². The maximum atomic E-state index is 13.3. The summed E-state index contributed by atoms with van der Waals surface area (Å²) in [5.74, 6) is -0.101. The van der Waals surface area contributed by atoms with Gasteiger partial charge < -0.3 is 24.2 Å². The van der Waals surface area contributed by atoms with Crippen molar-refractivity contribution < 1.29 is 28.9 Å². The summed E-state index contributed by atoms with van der Waals surface area (Å²) >= 11 is 0. The number of hydrogen-bond acceptors (Lipinski definition) is 6. The summed E-state index contributed by atoms with van der Waals surface area (Å²) in [6.07, 6.45) is 3.79. The van der Waals surface area contributed by atoms with Crippen molar-refractivity contribution in [1.82, 2.24) is 4.90 Å². The highest BCUT2D eigenvalue weighted by molar-refractivity contribution is 6.46. The average molecular weight is 510 g/mol. The Balaban J connectivity index is 2.00. The van der Waals surface area contributed by atoms with Gasteiger partial charge in [0.2, 0.25) is 0 Å². The molecule has 1 heterocycles. The minimum Gasteiger partial charge on any atom is -0.507 e. The molecule has 0 aromatic heterocycles. The van der Waals surface area contributed by atoms with Crippen molar-refractivity contribution in [2.75, 3.05) is 26.9 Å². The molecule has 2 aromatic rings. The first-order chi connectivity index (χ1) is 17.8. The molecule has 0 spiro atoms. The minimum atomic E-state index is -0.711. The number of amides is 1. The van der Waals surface area contributed by atoms with Crippen molar-refractivity contribution in [2.24, 2.45) is 0 Å². The first-order valence-corrected chi connectivity index (χ1v) is 13.1. The van der Waals surface area contributed by atoms with E-state index in [1.165, 1.54) is 4.90 Å². The van der Waals surface area contributed by atoms with Crippen LogP contribution in [0.15, 0.2) is 48.0 Å². The Hall–Kier alpha value is -3.32. The first-order valence-electron chi connectivity index (χ1n) is 13.1. The van der Waals surface area contributed by atoms with E-state index >= 15 is 0 Å². The van der Waals surface area contributed by atoms with Gasteiger partial charge in [0.1, 0.15) is 17.3 Å². The van der Waals surface area contributed by atoms with Crippen LogP contribution in [0, 0.1) is 6.92 Å². The van der Waals surface area contributed by atoms with Crippen molar-refractivity contribution in [1.29, 1.82) is 0 Å². The fourth-order valence-electron chi connectivity index (χ4n) is 4.52. The van der Waals surface area contributed by atoms with E-state index in [0.717, 1.165) is 36.1 Å². The SMILES string of the molecule is CCCCCOc1ccc(C2/C(=C(\O)c3ccc(OC(C)C)cc3C)C(=O)C(=O)N2CCCOC)cc1. The van der Waals surface area contributed by atoms with Crippen molar-refractivity contribution >= 4 is 17.4 Å². The van der Waals surface area contributed by atoms with Crippen LogP contribution in [0.2, 0.25) is 0 Å². The van der Waals surface area contributed by atoms with Gasteiger partial charge in [0.25, 0.3) is 11.7 Å². The van der Waals surface area contributed by atoms with E-state index in [2.05, 4.69) is 6.92 Å². The molecular formula is C30H39NO6. The van der Waals surface area contributed by atoms with E-state index in [1.54, 1.807) is 19.2 Å². The summed E-state index contributed by atoms with van der Waals surface area (Å²) in [4.78, 5) is 27.9. The number of nitrogens with zero attached hydrogens (tertiary/aromatic N) is 1. The number of rotatable bonds is 13. The zero-order valence-electron chi connectivity index (χ0n) is 22.6. The molecule has 2 aromatic carbocycles. The number of ketones is 1. The zero-order valence-corrected chi connectivity index (χ0v) is 22.6. The third kappa shape index (κ3) is 6.92. The summed E-state index contributed by atoms with van der Waals surface area (Å²) in [7, 11) is 1.60. The fraction of sp³-hybridized carbons (Fsp3) is 0.467. The second-order valence-corrected chi connectivity index (χ2v) is 9.61. The van der Waals surface area contributed by atoms with Crippen LogP contribution >= 0.6 is 0 Å². The van der Waals surface area contributed by atoms with Crippen LogP contribution < -0.4 is 9.47 Å². The topological polar surface area (TPSA) is 85.3 Å². The highest BCUT2D eigenvalue weighted by atomic mass is 16.5. The standard InChI is InChI=1S/C30H39NO6/c1-6-7-8-18-36-23-12-10-22(11-13-23)27-26(29(33)30(34)31(27)16-9-17-35-5)28(32)25-15-14-24(19-21(25)4)37-20(2)3/h10-15,19-20,27,32H,6-9,16-18H2,1-5H3/b28-26+. The average Bonchev–Trinajstić information content (AvgIpc) is 3.11. The molecule has 1 amide bonds. The van der Waals surface area contributed by atoms with Gasteiger partial charge in [-0.25, -0.2) is 0 Å². The molecule has 1 unspecified atom stereocenters. The van der Waals surface area contributed by atoms with Gasteiger partial charge in [-0.2, -0.15) is 0 Å². The number of benzene rings is 2. The Bertz CT molecular complexity index is 1110. The lowest BCUT2D eigenvalue weighted by Crippen LogP contribution is -2.31. The number of aryl methyl sites for hydroxylation is 1. The van der Waals surface area contributed by atoms with Gasteiger partial charge in [-0.1, -0.05) is 31.9 Å². The Morgan fingerprint density at radius 2 is 1.70 bits per heavy atom. The van der Waals surface area contributed by atoms with Crippen LogP contribution in [-0.2, 0) is 14.3 Å². The lowest BCUT2D eigenvalue weighted by molar-refractivity contribution is -0.140. The van der Waals surface area contributed by atoms with Crippen LogP contribution in [0.25, 0.3) is 5.76 Å². The Kier molecular flexibility index (Phi) is 10.1. The van der Waals surface area contributed by atoms with E-state index in [1.807, 2.05) is 51.1 Å². The van der Waals surface area contributed by atoms with Gasteiger partial charge in [0.15, 0.2) is 0 Å². The number of unbranched alkanes of at least 4 members (excludes halogenated alkanes) is 2. The Morgan fingerprint density at radius 3 is 2.32 bits per heavy atom. The second-order valence-electron chi connectivity index (χ2n) is 9.61. The lowest BCUT2D eigenvalue weighted by atomic mass is 9.93. The van der Waals surface area contributed by atoms with Crippen LogP contribution in [0.4, 0.5) is 0 Å². The normalized spacial score (nSPS) is 17.0. The molecule has 1 aliphatic rings. The largest absolute Gasteiger partial charge is 0.507 e. The molecule has 0 saturated carbocycles. The molecular weight excluding hydrogens is 470 g/mol. The number of ether oxygens (including phenoxy) is 3. The number of aliphatic hydroxyl groups is 1. The molecule has 0 bridgehead atoms. The summed E-state index contributed by atoms with van der Waals surface area (Å²) in [6.45, 7) is 9.29. The maximum absolute atomic E-state index is 13.3. The zero-order chi connectivity index (χ0) is 26.9. The van der Waals surface area contributed by atoms with Crippen molar-refractivity contribution in [3.05, 3.63) is 64.7 Å². The van der Waals surface area contributed by atoms with Gasteiger partial charge in [0.05, 0.1) is 24.3 Å². The molecule has 200 valence electrons. The van der Waals surface area contributed by atoms with Crippen LogP contribution in [0.5, 0.6) is 11.5 Å². The molecule has 7 heteroatoms. The molecule has 1 fully saturated rings. The predicted molar refractivity (Wildman–Crippen MR) is 144 cm³/mol. The molecule has 37 heavy (non-hydrogen) atoms. The number of carbonyl (C=O) groups excluding carboxylic acids is 2. The molecule has 1 atom stereocenters. The predicted octanol–water partition coefficient (Wildman–Crippen LogP) is 5.81. The Morgan fingerprint density at radius 1 is 1.00 bits per heavy atom. The van der Waals surface area contributed by atoms with Crippen molar-refractivity contribution in [3.8, 4) is 11.5 Å². The van der Waals surface area contributed by atoms with Crippen LogP contribution in [-0.4, -0.2) is 54.7 Å². The van der Waals surface area contributed by atoms with Gasteiger partial charge >= 0.3 is 0 Å². The number of hydrogen-bond donors (Lipinski definition) is 1. The van der Waals surface area contributed by atoms with E-state index < -0.39 is 17.7 Å². The molecule has 1 N–H and O–H groups in total. The first kappa shape index (κ1) is 28.3. The van der Waals surface area contributed by atoms with Crippen molar-refractivity contribution in [3.63, 3.8) is 0 Å².